The molecule has 0 radical (unpaired) electrons. The summed E-state index contributed by atoms with van der Waals surface area (Å²) in [6.07, 6.45) is 2.59. The van der Waals surface area contributed by atoms with Crippen LogP contribution in [0.1, 0.15) is 16.8 Å². The van der Waals surface area contributed by atoms with Gasteiger partial charge in [-0.15, -0.1) is 0 Å². The van der Waals surface area contributed by atoms with Crippen molar-refractivity contribution in [2.45, 2.75) is 6.42 Å². The Balaban J connectivity index is 2.75. The second-order valence-electron chi connectivity index (χ2n) is 3.29. The van der Waals surface area contributed by atoms with Crippen molar-refractivity contribution in [3.05, 3.63) is 34.2 Å². The van der Waals surface area contributed by atoms with Crippen LogP contribution in [0, 0.1) is 0 Å². The molecule has 1 heterocycles. The van der Waals surface area contributed by atoms with Crippen LogP contribution in [0.25, 0.3) is 0 Å². The lowest BCUT2D eigenvalue weighted by Gasteiger charge is -2.15. The molecule has 0 bridgehead atoms. The standard InChI is InChI=1S/C10H12N2O4/c1-12(5-3-9(14)15)10(16)7-6-11-4-2-8(7)13/h2,4,6H,3,5H2,1H3,(H,11,13)(H,14,15). The van der Waals surface area contributed by atoms with E-state index in [0.717, 1.165) is 0 Å². The monoisotopic (exact) mass is 224 g/mol. The van der Waals surface area contributed by atoms with E-state index in [4.69, 9.17) is 5.11 Å². The number of carbonyl (C=O) groups is 2. The zero-order valence-corrected chi connectivity index (χ0v) is 8.77. The van der Waals surface area contributed by atoms with Gasteiger partial charge in [0.1, 0.15) is 5.56 Å². The third kappa shape index (κ3) is 2.94. The first-order valence-corrected chi connectivity index (χ1v) is 4.66. The zero-order valence-electron chi connectivity index (χ0n) is 8.77. The maximum absolute atomic E-state index is 11.7. The Morgan fingerprint density at radius 1 is 1.50 bits per heavy atom. The summed E-state index contributed by atoms with van der Waals surface area (Å²) >= 11 is 0. The molecule has 16 heavy (non-hydrogen) atoms. The number of hydrogen-bond acceptors (Lipinski definition) is 3. The van der Waals surface area contributed by atoms with Crippen LogP contribution >= 0.6 is 0 Å². The lowest BCUT2D eigenvalue weighted by Crippen LogP contribution is -2.32. The molecule has 86 valence electrons. The fraction of sp³-hybridized carbons (Fsp3) is 0.300. The van der Waals surface area contributed by atoms with Crippen LogP contribution in [0.4, 0.5) is 0 Å². The fourth-order valence-corrected chi connectivity index (χ4v) is 1.15. The number of aromatic amines is 1. The summed E-state index contributed by atoms with van der Waals surface area (Å²) in [5.74, 6) is -1.47. The predicted octanol–water partition coefficient (Wildman–Crippen LogP) is -0.0784. The Bertz CT molecular complexity index is 452. The number of pyridine rings is 1. The number of nitrogens with zero attached hydrogens (tertiary/aromatic N) is 1. The molecule has 1 amide bonds. The van der Waals surface area contributed by atoms with Gasteiger partial charge in [0.15, 0.2) is 5.43 Å². The van der Waals surface area contributed by atoms with E-state index in [-0.39, 0.29) is 24.0 Å². The van der Waals surface area contributed by atoms with E-state index in [1.807, 2.05) is 0 Å². The number of nitrogens with one attached hydrogen (secondary N) is 1. The molecule has 0 spiro atoms. The van der Waals surface area contributed by atoms with Crippen molar-refractivity contribution in [1.82, 2.24) is 9.88 Å². The predicted molar refractivity (Wildman–Crippen MR) is 56.3 cm³/mol. The Hall–Kier alpha value is -2.11. The molecule has 0 aliphatic heterocycles. The van der Waals surface area contributed by atoms with Gasteiger partial charge in [-0.2, -0.15) is 0 Å². The lowest BCUT2D eigenvalue weighted by molar-refractivity contribution is -0.137. The Labute approximate surface area is 91.5 Å². The van der Waals surface area contributed by atoms with Gasteiger partial charge in [0.25, 0.3) is 5.91 Å². The lowest BCUT2D eigenvalue weighted by atomic mass is 10.2. The van der Waals surface area contributed by atoms with Crippen LogP contribution in [0.2, 0.25) is 0 Å². The van der Waals surface area contributed by atoms with Gasteiger partial charge in [0.05, 0.1) is 6.42 Å². The van der Waals surface area contributed by atoms with Crippen LogP contribution in [-0.4, -0.2) is 40.5 Å². The molecule has 0 fully saturated rings. The summed E-state index contributed by atoms with van der Waals surface area (Å²) < 4.78 is 0. The molecule has 1 aromatic rings. The average molecular weight is 224 g/mol. The first-order valence-electron chi connectivity index (χ1n) is 4.66. The Morgan fingerprint density at radius 3 is 2.75 bits per heavy atom. The van der Waals surface area contributed by atoms with E-state index in [2.05, 4.69) is 4.98 Å². The molecule has 0 aliphatic carbocycles. The minimum Gasteiger partial charge on any atom is -0.481 e. The molecular weight excluding hydrogens is 212 g/mol. The molecule has 1 rings (SSSR count). The van der Waals surface area contributed by atoms with Crippen molar-refractivity contribution in [2.24, 2.45) is 0 Å². The maximum Gasteiger partial charge on any atom is 0.305 e. The number of carboxylic acids is 1. The molecule has 0 unspecified atom stereocenters. The number of carbonyl (C=O) groups excluding carboxylic acids is 1. The summed E-state index contributed by atoms with van der Waals surface area (Å²) in [6.45, 7) is 0.0719. The third-order valence-electron chi connectivity index (χ3n) is 2.06. The number of hydrogen-bond donors (Lipinski definition) is 2. The van der Waals surface area contributed by atoms with Gasteiger partial charge < -0.3 is 15.0 Å². The minimum atomic E-state index is -0.985. The third-order valence-corrected chi connectivity index (χ3v) is 2.06. The summed E-state index contributed by atoms with van der Waals surface area (Å²) in [4.78, 5) is 37.2. The normalized spacial score (nSPS) is 9.81. The molecule has 0 atom stereocenters. The first kappa shape index (κ1) is 12.0. The average Bonchev–Trinajstić information content (AvgIpc) is 2.25. The minimum absolute atomic E-state index is 0.00962. The number of rotatable bonds is 4. The number of carboxylic acid groups (broad SMARTS) is 1. The van der Waals surface area contributed by atoms with Crippen molar-refractivity contribution >= 4 is 11.9 Å². The van der Waals surface area contributed by atoms with E-state index >= 15 is 0 Å². The van der Waals surface area contributed by atoms with Gasteiger partial charge in [-0.3, -0.25) is 14.4 Å². The fourth-order valence-electron chi connectivity index (χ4n) is 1.15. The van der Waals surface area contributed by atoms with Gasteiger partial charge in [-0.1, -0.05) is 0 Å². The zero-order chi connectivity index (χ0) is 12.1. The van der Waals surface area contributed by atoms with E-state index in [1.165, 1.54) is 30.4 Å². The first-order chi connectivity index (χ1) is 7.52. The molecule has 0 saturated carbocycles. The van der Waals surface area contributed by atoms with E-state index in [1.54, 1.807) is 0 Å². The van der Waals surface area contributed by atoms with Gasteiger partial charge >= 0.3 is 5.97 Å². The van der Waals surface area contributed by atoms with Crippen LogP contribution < -0.4 is 5.43 Å². The van der Waals surface area contributed by atoms with E-state index in [9.17, 15) is 14.4 Å². The summed E-state index contributed by atoms with van der Waals surface area (Å²) in [6, 6.07) is 1.25. The highest BCUT2D eigenvalue weighted by Crippen LogP contribution is 1.97. The van der Waals surface area contributed by atoms with Crippen molar-refractivity contribution in [3.8, 4) is 0 Å². The van der Waals surface area contributed by atoms with Gasteiger partial charge in [0, 0.05) is 32.1 Å². The van der Waals surface area contributed by atoms with Crippen LogP contribution in [0.15, 0.2) is 23.3 Å². The van der Waals surface area contributed by atoms with Gasteiger partial charge in [-0.25, -0.2) is 0 Å². The van der Waals surface area contributed by atoms with Crippen molar-refractivity contribution < 1.29 is 14.7 Å². The number of H-pyrrole nitrogens is 1. The van der Waals surface area contributed by atoms with E-state index < -0.39 is 11.9 Å². The van der Waals surface area contributed by atoms with Crippen molar-refractivity contribution in [2.75, 3.05) is 13.6 Å². The molecular formula is C10H12N2O4. The molecule has 0 aromatic carbocycles. The summed E-state index contributed by atoms with van der Waals surface area (Å²) in [5, 5.41) is 8.46. The van der Waals surface area contributed by atoms with Crippen molar-refractivity contribution in [1.29, 1.82) is 0 Å². The molecule has 1 aromatic heterocycles. The topological polar surface area (TPSA) is 90.5 Å². The largest absolute Gasteiger partial charge is 0.481 e. The van der Waals surface area contributed by atoms with Crippen molar-refractivity contribution in [3.63, 3.8) is 0 Å². The van der Waals surface area contributed by atoms with Crippen LogP contribution in [0.3, 0.4) is 0 Å². The van der Waals surface area contributed by atoms with Crippen LogP contribution in [-0.2, 0) is 4.79 Å². The smallest absolute Gasteiger partial charge is 0.305 e. The second-order valence-corrected chi connectivity index (χ2v) is 3.29. The summed E-state index contributed by atoms with van der Waals surface area (Å²) in [7, 11) is 1.46. The van der Waals surface area contributed by atoms with Crippen LogP contribution in [0.5, 0.6) is 0 Å². The quantitative estimate of drug-likeness (QED) is 0.748. The SMILES string of the molecule is CN(CCC(=O)O)C(=O)c1c[nH]ccc1=O. The maximum atomic E-state index is 11.7. The van der Waals surface area contributed by atoms with E-state index in [0.29, 0.717) is 0 Å². The second kappa shape index (κ2) is 5.11. The number of aliphatic carboxylic acids is 1. The molecule has 0 aliphatic rings. The Morgan fingerprint density at radius 2 is 2.19 bits per heavy atom. The van der Waals surface area contributed by atoms with Gasteiger partial charge in [0.2, 0.25) is 0 Å². The highest BCUT2D eigenvalue weighted by molar-refractivity contribution is 5.93. The van der Waals surface area contributed by atoms with Gasteiger partial charge in [-0.05, 0) is 0 Å². The summed E-state index contributed by atoms with van der Waals surface area (Å²) in [5.41, 5.74) is -0.374. The number of amides is 1. The molecule has 6 heteroatoms. The molecule has 6 nitrogen and oxygen atoms in total. The molecule has 0 saturated heterocycles. The molecule has 2 N–H and O–H groups in total. The highest BCUT2D eigenvalue weighted by Gasteiger charge is 2.15. The highest BCUT2D eigenvalue weighted by atomic mass is 16.4. The Kier molecular flexibility index (Phi) is 3.82. The number of aromatic nitrogens is 1.